The molecule has 0 saturated heterocycles. The summed E-state index contributed by atoms with van der Waals surface area (Å²) in [5.74, 6) is -2.17. The van der Waals surface area contributed by atoms with Gasteiger partial charge in [-0.25, -0.2) is 0 Å². The van der Waals surface area contributed by atoms with Gasteiger partial charge in [0.25, 0.3) is 0 Å². The molecule has 0 saturated carbocycles. The van der Waals surface area contributed by atoms with Gasteiger partial charge in [-0.1, -0.05) is 6.07 Å². The summed E-state index contributed by atoms with van der Waals surface area (Å²) in [6, 6.07) is 5.72. The van der Waals surface area contributed by atoms with Crippen LogP contribution in [0.2, 0.25) is 0 Å². The molecule has 0 aliphatic carbocycles. The molecular weight excluding hydrogens is 245 g/mol. The maximum Gasteiger partial charge on any atom is 2.00 e. The van der Waals surface area contributed by atoms with Gasteiger partial charge in [-0.05, 0) is 26.0 Å². The number of carbonyl (C=O) groups excluding carboxylic acids is 2. The van der Waals surface area contributed by atoms with Crippen molar-refractivity contribution in [2.75, 3.05) is 0 Å². The van der Waals surface area contributed by atoms with E-state index in [0.717, 1.165) is 13.8 Å². The quantitative estimate of drug-likeness (QED) is 0.568. The van der Waals surface area contributed by atoms with Gasteiger partial charge in [0, 0.05) is 24.3 Å². The molecule has 0 spiro atoms. The van der Waals surface area contributed by atoms with Crippen LogP contribution in [0.25, 0.3) is 0 Å². The maximum atomic E-state index is 8.89. The summed E-state index contributed by atoms with van der Waals surface area (Å²) in [4.78, 5) is 21.6. The van der Waals surface area contributed by atoms with Gasteiger partial charge in [0.2, 0.25) is 0 Å². The summed E-state index contributed by atoms with van der Waals surface area (Å²) >= 11 is 0. The summed E-state index contributed by atoms with van der Waals surface area (Å²) < 4.78 is 0. The van der Waals surface area contributed by atoms with Crippen LogP contribution in [0.5, 0.6) is 0 Å². The summed E-state index contributed by atoms with van der Waals surface area (Å²) in [7, 11) is 0. The predicted molar refractivity (Wildman–Crippen MR) is 45.6 cm³/mol. The number of nitrogens with zero attached hydrogens (tertiary/aromatic N) is 1. The van der Waals surface area contributed by atoms with Gasteiger partial charge in [-0.15, -0.1) is 0 Å². The molecule has 5 nitrogen and oxygen atoms in total. The zero-order valence-corrected chi connectivity index (χ0v) is 9.34. The minimum absolute atomic E-state index is 0. The average Bonchev–Trinajstić information content (AvgIpc) is 2.05. The third kappa shape index (κ3) is 66.9. The molecule has 1 heterocycles. The topological polar surface area (TPSA) is 93.1 Å². The molecule has 1 aromatic rings. The van der Waals surface area contributed by atoms with Crippen LogP contribution in [0.15, 0.2) is 30.6 Å². The second-order valence-corrected chi connectivity index (χ2v) is 2.01. The van der Waals surface area contributed by atoms with Gasteiger partial charge >= 0.3 is 16.8 Å². The fraction of sp³-hybridized carbons (Fsp3) is 0.222. The molecule has 6 heteroatoms. The second-order valence-electron chi connectivity index (χ2n) is 2.01. The Morgan fingerprint density at radius 3 is 1.27 bits per heavy atom. The second kappa shape index (κ2) is 15.1. The largest absolute Gasteiger partial charge is 2.00 e. The normalized spacial score (nSPS) is 6.53. The SMILES string of the molecule is CC(=O)[O-].CC(=O)[O-].[Co+2].c1ccncc1. The maximum absolute atomic E-state index is 8.89. The Balaban J connectivity index is -0.000000145. The van der Waals surface area contributed by atoms with Crippen molar-refractivity contribution in [1.29, 1.82) is 0 Å². The van der Waals surface area contributed by atoms with Crippen LogP contribution in [0.4, 0.5) is 0 Å². The average molecular weight is 256 g/mol. The van der Waals surface area contributed by atoms with Crippen LogP contribution >= 0.6 is 0 Å². The summed E-state index contributed by atoms with van der Waals surface area (Å²) in [5, 5.41) is 17.8. The van der Waals surface area contributed by atoms with Gasteiger partial charge in [0.05, 0.1) is 0 Å². The molecule has 0 N–H and O–H groups in total. The van der Waals surface area contributed by atoms with Crippen LogP contribution < -0.4 is 10.2 Å². The minimum Gasteiger partial charge on any atom is -0.550 e. The Hall–Kier alpha value is -1.40. The van der Waals surface area contributed by atoms with Crippen molar-refractivity contribution in [3.63, 3.8) is 0 Å². The van der Waals surface area contributed by atoms with E-state index in [9.17, 15) is 0 Å². The first-order valence-corrected chi connectivity index (χ1v) is 3.67. The number of aliphatic carboxylic acids is 2. The first kappa shape index (κ1) is 19.2. The van der Waals surface area contributed by atoms with E-state index in [0.29, 0.717) is 0 Å². The molecule has 0 aliphatic rings. The first-order valence-electron chi connectivity index (χ1n) is 3.67. The van der Waals surface area contributed by atoms with Gasteiger partial charge < -0.3 is 19.8 Å². The third-order valence-electron chi connectivity index (χ3n) is 0.566. The summed E-state index contributed by atoms with van der Waals surface area (Å²) in [6.07, 6.45) is 3.50. The molecule has 1 radical (unpaired) electrons. The third-order valence-corrected chi connectivity index (χ3v) is 0.566. The zero-order chi connectivity index (χ0) is 11.4. The van der Waals surface area contributed by atoms with Gasteiger partial charge in [-0.2, -0.15) is 0 Å². The van der Waals surface area contributed by atoms with Crippen LogP contribution in [-0.4, -0.2) is 16.9 Å². The number of hydrogen-bond acceptors (Lipinski definition) is 5. The van der Waals surface area contributed by atoms with Gasteiger partial charge in [-0.3, -0.25) is 4.98 Å². The van der Waals surface area contributed by atoms with Crippen LogP contribution in [0.3, 0.4) is 0 Å². The fourth-order valence-electron chi connectivity index (χ4n) is 0.313. The Morgan fingerprint density at radius 2 is 1.20 bits per heavy atom. The molecule has 0 fully saturated rings. The number of hydrogen-bond donors (Lipinski definition) is 0. The Morgan fingerprint density at radius 1 is 0.933 bits per heavy atom. The van der Waals surface area contributed by atoms with E-state index < -0.39 is 11.9 Å². The molecule has 0 amide bonds. The molecule has 0 unspecified atom stereocenters. The number of carbonyl (C=O) groups is 2. The molecule has 85 valence electrons. The van der Waals surface area contributed by atoms with Crippen molar-refractivity contribution in [2.24, 2.45) is 0 Å². The minimum atomic E-state index is -1.08. The fourth-order valence-corrected chi connectivity index (χ4v) is 0.313. The molecular formula is C9H11CoNO4. The van der Waals surface area contributed by atoms with Crippen molar-refractivity contribution < 1.29 is 36.6 Å². The molecule has 15 heavy (non-hydrogen) atoms. The van der Waals surface area contributed by atoms with E-state index in [2.05, 4.69) is 4.98 Å². The van der Waals surface area contributed by atoms with E-state index in [-0.39, 0.29) is 16.8 Å². The monoisotopic (exact) mass is 256 g/mol. The van der Waals surface area contributed by atoms with E-state index in [1.165, 1.54) is 0 Å². The molecule has 0 atom stereocenters. The Kier molecular flexibility index (Phi) is 19.3. The van der Waals surface area contributed by atoms with E-state index in [4.69, 9.17) is 19.8 Å². The standard InChI is InChI=1S/C5H5N.2C2H4O2.Co/c1-2-4-6-5-3-1;2*1-2(3)4;/h1-5H;2*1H3,(H,3,4);/q;;;+2/p-2. The van der Waals surface area contributed by atoms with Crippen LogP contribution in [0, 0.1) is 0 Å². The summed E-state index contributed by atoms with van der Waals surface area (Å²) in [6.45, 7) is 1.94. The van der Waals surface area contributed by atoms with Crippen molar-refractivity contribution >= 4 is 11.9 Å². The smallest absolute Gasteiger partial charge is 0.550 e. The molecule has 1 rings (SSSR count). The van der Waals surface area contributed by atoms with Crippen molar-refractivity contribution in [2.45, 2.75) is 13.8 Å². The number of rotatable bonds is 0. The molecule has 0 aromatic carbocycles. The van der Waals surface area contributed by atoms with E-state index in [1.54, 1.807) is 12.4 Å². The van der Waals surface area contributed by atoms with Crippen LogP contribution in [-0.2, 0) is 26.4 Å². The van der Waals surface area contributed by atoms with Crippen molar-refractivity contribution in [1.82, 2.24) is 4.98 Å². The number of pyridine rings is 1. The Bertz CT molecular complexity index is 207. The number of carboxylic acid groups (broad SMARTS) is 2. The Labute approximate surface area is 98.4 Å². The van der Waals surface area contributed by atoms with E-state index in [1.807, 2.05) is 18.2 Å². The summed E-state index contributed by atoms with van der Waals surface area (Å²) in [5.41, 5.74) is 0. The number of aromatic nitrogens is 1. The van der Waals surface area contributed by atoms with E-state index >= 15 is 0 Å². The predicted octanol–water partition coefficient (Wildman–Crippen LogP) is -1.41. The molecule has 0 bridgehead atoms. The van der Waals surface area contributed by atoms with Crippen LogP contribution in [0.1, 0.15) is 13.8 Å². The van der Waals surface area contributed by atoms with Gasteiger partial charge in [0.15, 0.2) is 0 Å². The zero-order valence-electron chi connectivity index (χ0n) is 8.30. The van der Waals surface area contributed by atoms with Crippen molar-refractivity contribution in [3.05, 3.63) is 30.6 Å². The first-order chi connectivity index (χ1) is 6.46. The molecule has 0 aliphatic heterocycles. The van der Waals surface area contributed by atoms with Gasteiger partial charge in [0.1, 0.15) is 0 Å². The molecule has 1 aromatic heterocycles. The van der Waals surface area contributed by atoms with Crippen molar-refractivity contribution in [3.8, 4) is 0 Å². The number of carboxylic acids is 2.